The fraction of sp³-hybridized carbons (Fsp3) is 0.667. The van der Waals surface area contributed by atoms with Crippen LogP contribution in [0, 0.1) is 6.92 Å². The standard InChI is InChI=1S/C12H22N2S/c1-10-6-8-15-11(10)5-7-14-12(2,3)9-13-4/h6,8,13-14H,5,7,9H2,1-4H3. The van der Waals surface area contributed by atoms with Crippen LogP contribution in [0.5, 0.6) is 0 Å². The SMILES string of the molecule is CNCC(C)(C)NCCc1sccc1C. The molecule has 0 bridgehead atoms. The molecule has 0 unspecified atom stereocenters. The van der Waals surface area contributed by atoms with Crippen LogP contribution in [0.2, 0.25) is 0 Å². The van der Waals surface area contributed by atoms with E-state index in [4.69, 9.17) is 0 Å². The molecule has 0 aliphatic rings. The highest BCUT2D eigenvalue weighted by Crippen LogP contribution is 2.15. The Kier molecular flexibility index (Phi) is 4.77. The molecule has 0 radical (unpaired) electrons. The Balaban J connectivity index is 2.30. The van der Waals surface area contributed by atoms with Gasteiger partial charge in [0.1, 0.15) is 0 Å². The molecule has 1 aromatic heterocycles. The zero-order valence-electron chi connectivity index (χ0n) is 10.2. The quantitative estimate of drug-likeness (QED) is 0.777. The number of hydrogen-bond acceptors (Lipinski definition) is 3. The van der Waals surface area contributed by atoms with Crippen molar-refractivity contribution in [1.29, 1.82) is 0 Å². The first kappa shape index (κ1) is 12.7. The Hall–Kier alpha value is -0.380. The minimum atomic E-state index is 0.180. The molecule has 0 spiro atoms. The highest BCUT2D eigenvalue weighted by Gasteiger charge is 2.14. The van der Waals surface area contributed by atoms with Gasteiger partial charge in [-0.1, -0.05) is 0 Å². The lowest BCUT2D eigenvalue weighted by atomic mass is 10.1. The summed E-state index contributed by atoms with van der Waals surface area (Å²) in [5.74, 6) is 0. The minimum absolute atomic E-state index is 0.180. The highest BCUT2D eigenvalue weighted by molar-refractivity contribution is 7.10. The van der Waals surface area contributed by atoms with Crippen LogP contribution in [0.4, 0.5) is 0 Å². The van der Waals surface area contributed by atoms with Crippen LogP contribution in [0.3, 0.4) is 0 Å². The summed E-state index contributed by atoms with van der Waals surface area (Å²) in [6.07, 6.45) is 1.14. The van der Waals surface area contributed by atoms with Crippen molar-refractivity contribution in [2.45, 2.75) is 32.7 Å². The largest absolute Gasteiger partial charge is 0.318 e. The van der Waals surface area contributed by atoms with E-state index in [1.165, 1.54) is 10.4 Å². The average Bonchev–Trinajstić information content (AvgIpc) is 2.51. The van der Waals surface area contributed by atoms with E-state index in [-0.39, 0.29) is 5.54 Å². The Morgan fingerprint density at radius 1 is 1.40 bits per heavy atom. The van der Waals surface area contributed by atoms with E-state index < -0.39 is 0 Å². The van der Waals surface area contributed by atoms with Crippen molar-refractivity contribution >= 4 is 11.3 Å². The van der Waals surface area contributed by atoms with Gasteiger partial charge < -0.3 is 10.6 Å². The second-order valence-electron chi connectivity index (χ2n) is 4.62. The van der Waals surface area contributed by atoms with E-state index in [2.05, 4.69) is 42.9 Å². The number of hydrogen-bond donors (Lipinski definition) is 2. The van der Waals surface area contributed by atoms with Crippen molar-refractivity contribution in [3.63, 3.8) is 0 Å². The molecule has 3 heteroatoms. The van der Waals surface area contributed by atoms with Gasteiger partial charge in [-0.25, -0.2) is 0 Å². The molecule has 1 heterocycles. The maximum Gasteiger partial charge on any atom is 0.0249 e. The average molecular weight is 226 g/mol. The first-order chi connectivity index (χ1) is 7.05. The van der Waals surface area contributed by atoms with E-state index in [0.29, 0.717) is 0 Å². The highest BCUT2D eigenvalue weighted by atomic mass is 32.1. The second-order valence-corrected chi connectivity index (χ2v) is 5.62. The molecule has 0 saturated carbocycles. The third kappa shape index (κ3) is 4.33. The Labute approximate surface area is 97.1 Å². The number of rotatable bonds is 6. The number of likely N-dealkylation sites (N-methyl/N-ethyl adjacent to an activating group) is 1. The van der Waals surface area contributed by atoms with E-state index >= 15 is 0 Å². The van der Waals surface area contributed by atoms with Crippen LogP contribution in [-0.2, 0) is 6.42 Å². The summed E-state index contributed by atoms with van der Waals surface area (Å²) >= 11 is 1.86. The Morgan fingerprint density at radius 2 is 2.13 bits per heavy atom. The van der Waals surface area contributed by atoms with Crippen LogP contribution in [0.1, 0.15) is 24.3 Å². The molecule has 0 saturated heterocycles. The lowest BCUT2D eigenvalue weighted by molar-refractivity contribution is 0.379. The molecule has 0 amide bonds. The maximum absolute atomic E-state index is 3.57. The normalized spacial score (nSPS) is 12.0. The van der Waals surface area contributed by atoms with E-state index in [1.807, 2.05) is 18.4 Å². The van der Waals surface area contributed by atoms with Gasteiger partial charge in [-0.15, -0.1) is 11.3 Å². The first-order valence-electron chi connectivity index (χ1n) is 5.48. The lowest BCUT2D eigenvalue weighted by Gasteiger charge is -2.26. The molecule has 0 aromatic carbocycles. The van der Waals surface area contributed by atoms with Gasteiger partial charge in [-0.3, -0.25) is 0 Å². The zero-order chi connectivity index (χ0) is 11.3. The summed E-state index contributed by atoms with van der Waals surface area (Å²) in [5.41, 5.74) is 1.60. The van der Waals surface area contributed by atoms with Gasteiger partial charge in [-0.05, 0) is 51.2 Å². The van der Waals surface area contributed by atoms with Gasteiger partial charge in [0, 0.05) is 23.5 Å². The van der Waals surface area contributed by atoms with Crippen LogP contribution in [-0.4, -0.2) is 25.7 Å². The third-order valence-corrected chi connectivity index (χ3v) is 3.63. The summed E-state index contributed by atoms with van der Waals surface area (Å²) in [7, 11) is 1.99. The Bertz CT molecular complexity index is 292. The fourth-order valence-corrected chi connectivity index (χ4v) is 2.59. The molecule has 2 N–H and O–H groups in total. The molecule has 0 atom stereocenters. The number of nitrogens with one attached hydrogen (secondary N) is 2. The lowest BCUT2D eigenvalue weighted by Crippen LogP contribution is -2.47. The summed E-state index contributed by atoms with van der Waals surface area (Å²) in [6.45, 7) is 8.69. The monoisotopic (exact) mass is 226 g/mol. The zero-order valence-corrected chi connectivity index (χ0v) is 11.0. The van der Waals surface area contributed by atoms with E-state index in [9.17, 15) is 0 Å². The van der Waals surface area contributed by atoms with Gasteiger partial charge in [0.15, 0.2) is 0 Å². The molecular weight excluding hydrogens is 204 g/mol. The summed E-state index contributed by atoms with van der Waals surface area (Å²) in [4.78, 5) is 1.50. The van der Waals surface area contributed by atoms with Gasteiger partial charge in [0.25, 0.3) is 0 Å². The van der Waals surface area contributed by atoms with Gasteiger partial charge >= 0.3 is 0 Å². The van der Waals surface area contributed by atoms with Gasteiger partial charge in [0.2, 0.25) is 0 Å². The number of thiophene rings is 1. The van der Waals surface area contributed by atoms with Gasteiger partial charge in [0.05, 0.1) is 0 Å². The first-order valence-corrected chi connectivity index (χ1v) is 6.36. The maximum atomic E-state index is 3.57. The molecule has 86 valence electrons. The van der Waals surface area contributed by atoms with E-state index in [0.717, 1.165) is 19.5 Å². The fourth-order valence-electron chi connectivity index (χ4n) is 1.68. The van der Waals surface area contributed by atoms with Crippen molar-refractivity contribution in [3.05, 3.63) is 21.9 Å². The third-order valence-electron chi connectivity index (χ3n) is 2.54. The summed E-state index contributed by atoms with van der Waals surface area (Å²) in [5, 5.41) is 8.94. The van der Waals surface area contributed by atoms with Crippen molar-refractivity contribution in [1.82, 2.24) is 10.6 Å². The smallest absolute Gasteiger partial charge is 0.0249 e. The number of aryl methyl sites for hydroxylation is 1. The molecule has 1 aromatic rings. The van der Waals surface area contributed by atoms with Crippen molar-refractivity contribution < 1.29 is 0 Å². The van der Waals surface area contributed by atoms with E-state index in [1.54, 1.807) is 0 Å². The summed E-state index contributed by atoms with van der Waals surface area (Å²) in [6, 6.07) is 2.19. The van der Waals surface area contributed by atoms with Crippen molar-refractivity contribution in [2.24, 2.45) is 0 Å². The summed E-state index contributed by atoms with van der Waals surface area (Å²) < 4.78 is 0. The molecule has 2 nitrogen and oxygen atoms in total. The van der Waals surface area contributed by atoms with Crippen LogP contribution in [0.25, 0.3) is 0 Å². The molecule has 1 rings (SSSR count). The molecule has 0 fully saturated rings. The second kappa shape index (κ2) is 5.64. The Morgan fingerprint density at radius 3 is 2.67 bits per heavy atom. The van der Waals surface area contributed by atoms with Gasteiger partial charge in [-0.2, -0.15) is 0 Å². The van der Waals surface area contributed by atoms with Crippen LogP contribution < -0.4 is 10.6 Å². The topological polar surface area (TPSA) is 24.1 Å². The van der Waals surface area contributed by atoms with Crippen molar-refractivity contribution in [2.75, 3.05) is 20.1 Å². The molecular formula is C12H22N2S. The van der Waals surface area contributed by atoms with Crippen molar-refractivity contribution in [3.8, 4) is 0 Å². The molecule has 15 heavy (non-hydrogen) atoms. The molecule has 0 aliphatic carbocycles. The predicted molar refractivity (Wildman–Crippen MR) is 68.8 cm³/mol. The minimum Gasteiger partial charge on any atom is -0.318 e. The van der Waals surface area contributed by atoms with Crippen LogP contribution >= 0.6 is 11.3 Å². The van der Waals surface area contributed by atoms with Crippen LogP contribution in [0.15, 0.2) is 11.4 Å². The molecule has 0 aliphatic heterocycles. The predicted octanol–water partition coefficient (Wildman–Crippen LogP) is 2.19.